The summed E-state index contributed by atoms with van der Waals surface area (Å²) in [7, 11) is 1.94. The number of rotatable bonds is 1. The molecular formula is C14H19N3O. The number of hydrogen-bond donors (Lipinski definition) is 1. The van der Waals surface area contributed by atoms with E-state index in [-0.39, 0.29) is 5.91 Å². The van der Waals surface area contributed by atoms with Crippen molar-refractivity contribution in [2.24, 2.45) is 5.73 Å². The maximum atomic E-state index is 11.8. The molecule has 2 aliphatic rings. The molecule has 2 rings (SSSR count). The van der Waals surface area contributed by atoms with E-state index in [9.17, 15) is 4.79 Å². The summed E-state index contributed by atoms with van der Waals surface area (Å²) in [6, 6.07) is 0. The number of carbonyl (C=O) groups is 1. The second-order valence-corrected chi connectivity index (χ2v) is 4.69. The predicted octanol–water partition coefficient (Wildman–Crippen LogP) is 1.34. The largest absolute Gasteiger partial charge is 0.350 e. The fourth-order valence-corrected chi connectivity index (χ4v) is 2.47. The topological polar surface area (TPSA) is 49.6 Å². The third-order valence-electron chi connectivity index (χ3n) is 3.55. The zero-order chi connectivity index (χ0) is 13.3. The molecule has 1 amide bonds. The molecule has 1 aliphatic carbocycles. The Balaban J connectivity index is 2.58. The van der Waals surface area contributed by atoms with Crippen molar-refractivity contribution in [2.45, 2.75) is 25.9 Å². The average molecular weight is 245 g/mol. The second-order valence-electron chi connectivity index (χ2n) is 4.69. The minimum Gasteiger partial charge on any atom is -0.350 e. The molecule has 4 heteroatoms. The first kappa shape index (κ1) is 12.7. The summed E-state index contributed by atoms with van der Waals surface area (Å²) in [6.07, 6.45) is 8.37. The van der Waals surface area contributed by atoms with Gasteiger partial charge in [0.05, 0.1) is 12.4 Å². The Morgan fingerprint density at radius 3 is 2.89 bits per heavy atom. The highest BCUT2D eigenvalue weighted by atomic mass is 16.2. The lowest BCUT2D eigenvalue weighted by molar-refractivity contribution is -0.137. The van der Waals surface area contributed by atoms with Crippen LogP contribution >= 0.6 is 0 Å². The lowest BCUT2D eigenvalue weighted by atomic mass is 9.90. The monoisotopic (exact) mass is 245 g/mol. The molecule has 0 saturated carbocycles. The van der Waals surface area contributed by atoms with E-state index in [0.717, 1.165) is 11.3 Å². The molecule has 1 aliphatic heterocycles. The summed E-state index contributed by atoms with van der Waals surface area (Å²) in [6.45, 7) is 4.05. The Bertz CT molecular complexity index is 497. The molecule has 0 aromatic carbocycles. The lowest BCUT2D eigenvalue weighted by Gasteiger charge is -2.49. The maximum Gasteiger partial charge on any atom is 0.222 e. The Morgan fingerprint density at radius 1 is 1.56 bits per heavy atom. The first-order valence-electron chi connectivity index (χ1n) is 6.13. The van der Waals surface area contributed by atoms with Crippen LogP contribution in [0.2, 0.25) is 0 Å². The molecule has 1 fully saturated rings. The fourth-order valence-electron chi connectivity index (χ4n) is 2.47. The van der Waals surface area contributed by atoms with Gasteiger partial charge in [0.25, 0.3) is 0 Å². The van der Waals surface area contributed by atoms with Crippen molar-refractivity contribution in [3.8, 4) is 0 Å². The highest BCUT2D eigenvalue weighted by Crippen LogP contribution is 2.35. The van der Waals surface area contributed by atoms with E-state index in [1.54, 1.807) is 11.8 Å². The molecule has 1 saturated heterocycles. The van der Waals surface area contributed by atoms with Crippen molar-refractivity contribution in [2.75, 3.05) is 13.7 Å². The highest BCUT2D eigenvalue weighted by molar-refractivity contribution is 5.75. The van der Waals surface area contributed by atoms with Gasteiger partial charge in [0.2, 0.25) is 5.91 Å². The van der Waals surface area contributed by atoms with E-state index in [0.29, 0.717) is 13.1 Å². The zero-order valence-electron chi connectivity index (χ0n) is 11.1. The van der Waals surface area contributed by atoms with Crippen molar-refractivity contribution in [3.63, 3.8) is 0 Å². The van der Waals surface area contributed by atoms with Gasteiger partial charge < -0.3 is 15.5 Å². The van der Waals surface area contributed by atoms with E-state index in [2.05, 4.69) is 5.73 Å². The molecule has 4 nitrogen and oxygen atoms in total. The van der Waals surface area contributed by atoms with Gasteiger partial charge in [0, 0.05) is 19.5 Å². The number of nitrogens with two attached hydrogens (primary N) is 1. The van der Waals surface area contributed by atoms with Crippen LogP contribution in [-0.2, 0) is 4.79 Å². The molecule has 96 valence electrons. The maximum absolute atomic E-state index is 11.8. The zero-order valence-corrected chi connectivity index (χ0v) is 11.1. The Morgan fingerprint density at radius 2 is 2.28 bits per heavy atom. The van der Waals surface area contributed by atoms with E-state index < -0.39 is 5.66 Å². The lowest BCUT2D eigenvalue weighted by Crippen LogP contribution is -2.65. The van der Waals surface area contributed by atoms with Crippen molar-refractivity contribution in [1.29, 1.82) is 0 Å². The van der Waals surface area contributed by atoms with Gasteiger partial charge in [-0.25, -0.2) is 0 Å². The first-order valence-corrected chi connectivity index (χ1v) is 6.13. The minimum atomic E-state index is -0.747. The van der Waals surface area contributed by atoms with Gasteiger partial charge in [-0.3, -0.25) is 4.79 Å². The number of nitrogens with zero attached hydrogens (tertiary/aromatic N) is 2. The molecule has 0 aromatic heterocycles. The van der Waals surface area contributed by atoms with E-state index in [1.807, 2.05) is 43.2 Å². The van der Waals surface area contributed by atoms with Gasteiger partial charge in [-0.2, -0.15) is 0 Å². The number of fused-ring (bicyclic) bond motifs is 1. The predicted molar refractivity (Wildman–Crippen MR) is 71.2 cm³/mol. The quantitative estimate of drug-likeness (QED) is 0.709. The molecule has 0 spiro atoms. The van der Waals surface area contributed by atoms with Crippen molar-refractivity contribution in [3.05, 3.63) is 41.3 Å². The molecule has 1 unspecified atom stereocenters. The van der Waals surface area contributed by atoms with Gasteiger partial charge in [-0.05, 0) is 12.5 Å². The van der Waals surface area contributed by atoms with Crippen molar-refractivity contribution in [1.82, 2.24) is 9.80 Å². The normalized spacial score (nSPS) is 26.4. The first-order chi connectivity index (χ1) is 8.50. The second kappa shape index (κ2) is 4.48. The van der Waals surface area contributed by atoms with E-state index in [1.165, 1.54) is 0 Å². The summed E-state index contributed by atoms with van der Waals surface area (Å²) in [4.78, 5) is 15.5. The molecule has 0 aromatic rings. The third-order valence-corrected chi connectivity index (χ3v) is 3.55. The van der Waals surface area contributed by atoms with Crippen LogP contribution < -0.4 is 5.73 Å². The third kappa shape index (κ3) is 1.80. The van der Waals surface area contributed by atoms with Gasteiger partial charge in [0.1, 0.15) is 5.66 Å². The van der Waals surface area contributed by atoms with Crippen LogP contribution in [0, 0.1) is 0 Å². The van der Waals surface area contributed by atoms with E-state index in [4.69, 9.17) is 5.73 Å². The van der Waals surface area contributed by atoms with E-state index >= 15 is 0 Å². The summed E-state index contributed by atoms with van der Waals surface area (Å²) in [5.74, 6) is -0.0108. The van der Waals surface area contributed by atoms with Crippen molar-refractivity contribution < 1.29 is 4.79 Å². The van der Waals surface area contributed by atoms with Crippen LogP contribution in [0.3, 0.4) is 0 Å². The molecular weight excluding hydrogens is 226 g/mol. The van der Waals surface area contributed by atoms with Crippen molar-refractivity contribution >= 4 is 5.91 Å². The Hall–Kier alpha value is -1.77. The minimum absolute atomic E-state index is 0.0108. The van der Waals surface area contributed by atoms with Crippen LogP contribution in [0.1, 0.15) is 20.3 Å². The smallest absolute Gasteiger partial charge is 0.222 e. The Labute approximate surface area is 108 Å². The molecule has 2 N–H and O–H groups in total. The summed E-state index contributed by atoms with van der Waals surface area (Å²) < 4.78 is 0. The molecule has 0 radical (unpaired) electrons. The standard InChI is InChI=1S/C14H19N3O/c1-4-14(15)12-8-6-5-7-9-13(12)16(3)10-17(14)11(2)18/h5-8H,4,10,15H2,1-3H3. The number of amides is 1. The van der Waals surface area contributed by atoms with Crippen LogP contribution in [-0.4, -0.2) is 35.1 Å². The summed E-state index contributed by atoms with van der Waals surface area (Å²) in [5, 5.41) is 0. The molecule has 1 atom stereocenters. The number of allylic oxidation sites excluding steroid dienone is 3. The average Bonchev–Trinajstić information content (AvgIpc) is 2.59. The van der Waals surface area contributed by atoms with Gasteiger partial charge in [-0.15, -0.1) is 0 Å². The van der Waals surface area contributed by atoms with Crippen LogP contribution in [0.4, 0.5) is 0 Å². The number of hydrogen-bond acceptors (Lipinski definition) is 3. The Kier molecular flexibility index (Phi) is 3.16. The fraction of sp³-hybridized carbons (Fsp3) is 0.429. The highest BCUT2D eigenvalue weighted by Gasteiger charge is 2.43. The molecule has 18 heavy (non-hydrogen) atoms. The summed E-state index contributed by atoms with van der Waals surface area (Å²) >= 11 is 0. The molecule has 0 bridgehead atoms. The molecule has 1 heterocycles. The van der Waals surface area contributed by atoms with Crippen LogP contribution in [0.5, 0.6) is 0 Å². The van der Waals surface area contributed by atoms with Crippen LogP contribution in [0.15, 0.2) is 41.3 Å². The van der Waals surface area contributed by atoms with Crippen LogP contribution in [0.25, 0.3) is 0 Å². The van der Waals surface area contributed by atoms with Gasteiger partial charge in [0.15, 0.2) is 0 Å². The van der Waals surface area contributed by atoms with Gasteiger partial charge in [-0.1, -0.05) is 30.9 Å². The summed E-state index contributed by atoms with van der Waals surface area (Å²) in [5.41, 5.74) is 10.9. The number of carbonyl (C=O) groups excluding carboxylic acids is 1. The SMILES string of the molecule is CCC1(N)C2=CC=CC=C=C2N(C)CN1C(C)=O. The number of likely N-dealkylation sites (N-methyl/N-ethyl adjacent to an activating group) is 1. The van der Waals surface area contributed by atoms with Gasteiger partial charge >= 0.3 is 0 Å².